The van der Waals surface area contributed by atoms with E-state index in [4.69, 9.17) is 4.74 Å². The van der Waals surface area contributed by atoms with Crippen molar-refractivity contribution in [2.24, 2.45) is 46.3 Å². The molecule has 0 heterocycles. The van der Waals surface area contributed by atoms with Crippen molar-refractivity contribution in [1.29, 1.82) is 0 Å². The zero-order valence-electron chi connectivity index (χ0n) is 22.4. The first-order valence-electron chi connectivity index (χ1n) is 14.0. The number of esters is 1. The van der Waals surface area contributed by atoms with Crippen LogP contribution in [0.1, 0.15) is 112 Å². The third kappa shape index (κ3) is 4.46. The van der Waals surface area contributed by atoms with Crippen LogP contribution in [0.4, 0.5) is 0 Å². The number of hydrogen-bond acceptors (Lipinski definition) is 4. The van der Waals surface area contributed by atoms with E-state index >= 15 is 0 Å². The monoisotopic (exact) mass is 473 g/mol. The largest absolute Gasteiger partial charge is 0.462 e. The highest BCUT2D eigenvalue weighted by Crippen LogP contribution is 2.68. The smallest absolute Gasteiger partial charge is 0.302 e. The van der Waals surface area contributed by atoms with Crippen LogP contribution in [0, 0.1) is 56.5 Å². The predicted octanol–water partition coefficient (Wildman–Crippen LogP) is 7.56. The van der Waals surface area contributed by atoms with Gasteiger partial charge in [0, 0.05) is 25.3 Å². The molecule has 4 aliphatic carbocycles. The van der Waals surface area contributed by atoms with Gasteiger partial charge in [-0.15, -0.1) is 0 Å². The predicted molar refractivity (Wildman–Crippen MR) is 135 cm³/mol. The summed E-state index contributed by atoms with van der Waals surface area (Å²) in [5.41, 5.74) is 1.66. The van der Waals surface area contributed by atoms with Crippen LogP contribution in [0.5, 0.6) is 0 Å². The second-order valence-electron chi connectivity index (χ2n) is 13.2. The van der Waals surface area contributed by atoms with Gasteiger partial charge in [-0.1, -0.05) is 53.9 Å². The number of hydrogen-bond donors (Lipinski definition) is 0. The van der Waals surface area contributed by atoms with Crippen LogP contribution in [0.15, 0.2) is 11.3 Å². The molecule has 34 heavy (non-hydrogen) atoms. The lowest BCUT2D eigenvalue weighted by molar-refractivity contribution is -0.434. The van der Waals surface area contributed by atoms with Crippen LogP contribution in [0.2, 0.25) is 0 Å². The minimum absolute atomic E-state index is 0.0904. The Morgan fingerprint density at radius 1 is 1.06 bits per heavy atom. The summed E-state index contributed by atoms with van der Waals surface area (Å²) in [6, 6.07) is 0. The maximum atomic E-state index is 12.3. The summed E-state index contributed by atoms with van der Waals surface area (Å²) in [5, 5.41) is 12.3. The third-order valence-corrected chi connectivity index (χ3v) is 10.9. The van der Waals surface area contributed by atoms with Crippen molar-refractivity contribution < 1.29 is 14.5 Å². The van der Waals surface area contributed by atoms with Gasteiger partial charge in [-0.05, 0) is 84.9 Å². The van der Waals surface area contributed by atoms with Crippen LogP contribution in [-0.2, 0) is 9.53 Å². The quantitative estimate of drug-likeness (QED) is 0.217. The van der Waals surface area contributed by atoms with E-state index in [1.54, 1.807) is 0 Å². The SMILES string of the molecule is CC(=O)O[C@H]1CC[C@@]2(C)C(=C([N+](=O)[O-])C[C@H]3[C@H]2CC[C@]2(C)[C@@H]([C@H](C)CCCC(C)C)CC[C@@H]32)C1. The van der Waals surface area contributed by atoms with Crippen molar-refractivity contribution in [3.63, 3.8) is 0 Å². The fourth-order valence-corrected chi connectivity index (χ4v) is 9.29. The molecule has 0 spiro atoms. The molecular weight excluding hydrogens is 426 g/mol. The molecule has 0 aromatic carbocycles. The van der Waals surface area contributed by atoms with E-state index in [-0.39, 0.29) is 22.4 Å². The van der Waals surface area contributed by atoms with Crippen molar-refractivity contribution in [2.45, 2.75) is 118 Å². The molecule has 5 heteroatoms. The van der Waals surface area contributed by atoms with Crippen molar-refractivity contribution in [1.82, 2.24) is 0 Å². The van der Waals surface area contributed by atoms with E-state index in [9.17, 15) is 14.9 Å². The first-order chi connectivity index (χ1) is 16.0. The Kier molecular flexibility index (Phi) is 7.24. The van der Waals surface area contributed by atoms with Gasteiger partial charge in [-0.2, -0.15) is 0 Å². The van der Waals surface area contributed by atoms with Gasteiger partial charge in [0.2, 0.25) is 5.70 Å². The Morgan fingerprint density at radius 2 is 1.79 bits per heavy atom. The van der Waals surface area contributed by atoms with E-state index in [1.165, 1.54) is 51.9 Å². The lowest BCUT2D eigenvalue weighted by atomic mass is 9.46. The lowest BCUT2D eigenvalue weighted by Gasteiger charge is -2.58. The van der Waals surface area contributed by atoms with Crippen LogP contribution >= 0.6 is 0 Å². The summed E-state index contributed by atoms with van der Waals surface area (Å²) in [6.07, 6.45) is 11.6. The number of nitrogens with zero attached hydrogens (tertiary/aromatic N) is 1. The Labute approximate surface area is 206 Å². The van der Waals surface area contributed by atoms with Gasteiger partial charge in [0.05, 0.1) is 4.92 Å². The van der Waals surface area contributed by atoms with Crippen molar-refractivity contribution in [3.8, 4) is 0 Å². The molecule has 0 aliphatic heterocycles. The normalized spacial score (nSPS) is 40.4. The lowest BCUT2D eigenvalue weighted by Crippen LogP contribution is -2.52. The first kappa shape index (κ1) is 25.7. The highest BCUT2D eigenvalue weighted by molar-refractivity contribution is 5.66. The number of carbonyl (C=O) groups is 1. The number of nitro groups is 1. The number of ether oxygens (including phenoxy) is 1. The zero-order chi connectivity index (χ0) is 24.8. The summed E-state index contributed by atoms with van der Waals surface area (Å²) in [7, 11) is 0. The van der Waals surface area contributed by atoms with E-state index < -0.39 is 0 Å². The maximum Gasteiger partial charge on any atom is 0.302 e. The maximum absolute atomic E-state index is 12.3. The molecule has 3 fully saturated rings. The second kappa shape index (κ2) is 9.58. The number of rotatable bonds is 7. The molecule has 4 aliphatic rings. The third-order valence-electron chi connectivity index (χ3n) is 10.9. The Bertz CT molecular complexity index is 834. The molecule has 0 unspecified atom stereocenters. The molecule has 8 atom stereocenters. The molecule has 0 aromatic rings. The highest BCUT2D eigenvalue weighted by Gasteiger charge is 2.61. The van der Waals surface area contributed by atoms with Crippen LogP contribution in [0.25, 0.3) is 0 Å². The molecule has 0 bridgehead atoms. The molecule has 3 saturated carbocycles. The highest BCUT2D eigenvalue weighted by atomic mass is 16.6. The average molecular weight is 474 g/mol. The minimum atomic E-state index is -0.279. The second-order valence-corrected chi connectivity index (χ2v) is 13.2. The van der Waals surface area contributed by atoms with Gasteiger partial charge in [0.25, 0.3) is 0 Å². The number of allylic oxidation sites excluding steroid dienone is 1. The number of carbonyl (C=O) groups excluding carboxylic acids is 1. The summed E-state index contributed by atoms with van der Waals surface area (Å²) >= 11 is 0. The number of fused-ring (bicyclic) bond motifs is 5. The van der Waals surface area contributed by atoms with E-state index in [1.807, 2.05) is 0 Å². The Balaban J connectivity index is 1.58. The fourth-order valence-electron chi connectivity index (χ4n) is 9.29. The van der Waals surface area contributed by atoms with Gasteiger partial charge < -0.3 is 4.74 Å². The van der Waals surface area contributed by atoms with Gasteiger partial charge >= 0.3 is 5.97 Å². The van der Waals surface area contributed by atoms with Gasteiger partial charge in [-0.3, -0.25) is 14.9 Å². The van der Waals surface area contributed by atoms with Gasteiger partial charge in [-0.25, -0.2) is 0 Å². The van der Waals surface area contributed by atoms with Gasteiger partial charge in [0.1, 0.15) is 6.10 Å². The molecule has 0 saturated heterocycles. The van der Waals surface area contributed by atoms with Crippen molar-refractivity contribution in [3.05, 3.63) is 21.4 Å². The van der Waals surface area contributed by atoms with Gasteiger partial charge in [0.15, 0.2) is 0 Å². The first-order valence-corrected chi connectivity index (χ1v) is 14.0. The molecule has 192 valence electrons. The molecule has 0 amide bonds. The molecule has 4 rings (SSSR count). The summed E-state index contributed by atoms with van der Waals surface area (Å²) in [6.45, 7) is 13.4. The van der Waals surface area contributed by atoms with E-state index in [0.717, 1.165) is 36.2 Å². The standard InChI is InChI=1S/C29H47NO4/c1-18(2)8-7-9-19(3)23-10-11-24-22-17-27(30(32)33)26-16-21(34-20(4)31)12-14-29(26,6)25(22)13-15-28(23,24)5/h18-19,21-25H,7-17H2,1-6H3/t19-,21+,22-,23-,24+,25-,28-,29-/m1/s1. The average Bonchev–Trinajstić information content (AvgIpc) is 3.10. The van der Waals surface area contributed by atoms with E-state index in [0.29, 0.717) is 41.7 Å². The molecular formula is C29H47NO4. The molecule has 0 radical (unpaired) electrons. The summed E-state index contributed by atoms with van der Waals surface area (Å²) < 4.78 is 5.53. The molecule has 0 aromatic heterocycles. The Hall–Kier alpha value is -1.39. The Morgan fingerprint density at radius 3 is 2.44 bits per heavy atom. The molecule has 0 N–H and O–H groups in total. The summed E-state index contributed by atoms with van der Waals surface area (Å²) in [5.74, 6) is 3.53. The van der Waals surface area contributed by atoms with E-state index in [2.05, 4.69) is 34.6 Å². The van der Waals surface area contributed by atoms with Crippen LogP contribution < -0.4 is 0 Å². The fraction of sp³-hybridized carbons (Fsp3) is 0.897. The minimum Gasteiger partial charge on any atom is -0.462 e. The van der Waals surface area contributed by atoms with Crippen molar-refractivity contribution in [2.75, 3.05) is 0 Å². The van der Waals surface area contributed by atoms with Crippen LogP contribution in [0.3, 0.4) is 0 Å². The summed E-state index contributed by atoms with van der Waals surface area (Å²) in [4.78, 5) is 23.8. The zero-order valence-corrected chi connectivity index (χ0v) is 22.4. The topological polar surface area (TPSA) is 69.4 Å². The van der Waals surface area contributed by atoms with Crippen LogP contribution in [-0.4, -0.2) is 17.0 Å². The molecule has 5 nitrogen and oxygen atoms in total. The van der Waals surface area contributed by atoms with Crippen molar-refractivity contribution >= 4 is 5.97 Å².